The molecule has 0 aliphatic heterocycles. The third-order valence-corrected chi connectivity index (χ3v) is 5.19. The summed E-state index contributed by atoms with van der Waals surface area (Å²) in [5.74, 6) is 0.619. The Balaban J connectivity index is 2.27. The van der Waals surface area contributed by atoms with E-state index >= 15 is 0 Å². The van der Waals surface area contributed by atoms with Crippen molar-refractivity contribution < 1.29 is 8.42 Å². The van der Waals surface area contributed by atoms with Gasteiger partial charge in [0.15, 0.2) is 9.84 Å². The molecule has 0 heterocycles. The first-order valence-electron chi connectivity index (χ1n) is 6.99. The van der Waals surface area contributed by atoms with Gasteiger partial charge in [-0.05, 0) is 43.5 Å². The summed E-state index contributed by atoms with van der Waals surface area (Å²) in [7, 11) is -1.16. The molecule has 0 bridgehead atoms. The number of nitrogens with one attached hydrogen (secondary N) is 1. The van der Waals surface area contributed by atoms with Gasteiger partial charge in [0.2, 0.25) is 0 Å². The van der Waals surface area contributed by atoms with Crippen LogP contribution in [-0.2, 0) is 9.84 Å². The predicted molar refractivity (Wildman–Crippen MR) is 77.9 cm³/mol. The topological polar surface area (TPSA) is 46.2 Å². The van der Waals surface area contributed by atoms with Crippen molar-refractivity contribution in [1.29, 1.82) is 0 Å². The Morgan fingerprint density at radius 2 is 1.89 bits per heavy atom. The van der Waals surface area contributed by atoms with Crippen LogP contribution in [0.1, 0.15) is 43.7 Å². The van der Waals surface area contributed by atoms with E-state index in [1.54, 1.807) is 6.07 Å². The normalized spacial score (nSPS) is 19.3. The maximum Gasteiger partial charge on any atom is 0.175 e. The molecule has 0 amide bonds. The lowest BCUT2D eigenvalue weighted by Gasteiger charge is -2.30. The van der Waals surface area contributed by atoms with E-state index in [0.29, 0.717) is 10.8 Å². The quantitative estimate of drug-likeness (QED) is 0.923. The molecule has 1 unspecified atom stereocenters. The van der Waals surface area contributed by atoms with Gasteiger partial charge in [-0.15, -0.1) is 0 Å². The predicted octanol–water partition coefficient (Wildman–Crippen LogP) is 2.93. The Morgan fingerprint density at radius 3 is 2.47 bits per heavy atom. The Hall–Kier alpha value is -0.870. The second kappa shape index (κ2) is 6.06. The zero-order valence-electron chi connectivity index (χ0n) is 11.7. The highest BCUT2D eigenvalue weighted by Gasteiger charge is 2.24. The molecule has 106 valence electrons. The fourth-order valence-electron chi connectivity index (χ4n) is 3.08. The first kappa shape index (κ1) is 14.5. The van der Waals surface area contributed by atoms with Crippen LogP contribution in [0.2, 0.25) is 0 Å². The molecule has 19 heavy (non-hydrogen) atoms. The summed E-state index contributed by atoms with van der Waals surface area (Å²) in [5.41, 5.74) is 1.09. The van der Waals surface area contributed by atoms with E-state index in [9.17, 15) is 8.42 Å². The monoisotopic (exact) mass is 281 g/mol. The van der Waals surface area contributed by atoms with Crippen LogP contribution in [0.15, 0.2) is 29.2 Å². The second-order valence-electron chi connectivity index (χ2n) is 5.51. The molecule has 1 aliphatic rings. The zero-order chi connectivity index (χ0) is 13.9. The van der Waals surface area contributed by atoms with E-state index < -0.39 is 9.84 Å². The fraction of sp³-hybridized carbons (Fsp3) is 0.600. The van der Waals surface area contributed by atoms with Crippen molar-refractivity contribution in [3.63, 3.8) is 0 Å². The molecule has 1 saturated carbocycles. The van der Waals surface area contributed by atoms with Crippen LogP contribution in [-0.4, -0.2) is 21.7 Å². The summed E-state index contributed by atoms with van der Waals surface area (Å²) < 4.78 is 23.3. The number of hydrogen-bond donors (Lipinski definition) is 1. The van der Waals surface area contributed by atoms with Gasteiger partial charge in [-0.2, -0.15) is 0 Å². The third-order valence-electron chi connectivity index (χ3n) is 4.08. The Morgan fingerprint density at radius 1 is 1.21 bits per heavy atom. The highest BCUT2D eigenvalue weighted by molar-refractivity contribution is 7.90. The van der Waals surface area contributed by atoms with Crippen molar-refractivity contribution in [2.24, 2.45) is 5.92 Å². The minimum Gasteiger partial charge on any atom is -0.313 e. The Labute approximate surface area is 116 Å². The van der Waals surface area contributed by atoms with E-state index in [4.69, 9.17) is 0 Å². The average molecular weight is 281 g/mol. The van der Waals surface area contributed by atoms with E-state index in [-0.39, 0.29) is 6.04 Å². The smallest absolute Gasteiger partial charge is 0.175 e. The molecule has 3 nitrogen and oxygen atoms in total. The summed E-state index contributed by atoms with van der Waals surface area (Å²) in [6.45, 7) is 0. The minimum absolute atomic E-state index is 0.266. The molecule has 1 atom stereocenters. The lowest BCUT2D eigenvalue weighted by molar-refractivity contribution is 0.281. The summed E-state index contributed by atoms with van der Waals surface area (Å²) in [6.07, 6.45) is 7.63. The van der Waals surface area contributed by atoms with Gasteiger partial charge in [0.25, 0.3) is 0 Å². The molecule has 1 aromatic rings. The standard InChI is InChI=1S/C15H23NO2S/c1-16-15(12-7-4-3-5-8-12)13-9-6-10-14(11-13)19(2,17)18/h6,9-12,15-16H,3-5,7-8H2,1-2H3. The van der Waals surface area contributed by atoms with Crippen LogP contribution >= 0.6 is 0 Å². The van der Waals surface area contributed by atoms with E-state index in [1.165, 1.54) is 38.4 Å². The largest absolute Gasteiger partial charge is 0.313 e. The maximum atomic E-state index is 11.7. The van der Waals surface area contributed by atoms with Crippen LogP contribution < -0.4 is 5.32 Å². The van der Waals surface area contributed by atoms with Gasteiger partial charge in [0, 0.05) is 12.3 Å². The van der Waals surface area contributed by atoms with Crippen LogP contribution in [0.5, 0.6) is 0 Å². The summed E-state index contributed by atoms with van der Waals surface area (Å²) in [4.78, 5) is 0.418. The molecule has 0 radical (unpaired) electrons. The first-order valence-corrected chi connectivity index (χ1v) is 8.89. The third kappa shape index (κ3) is 3.57. The van der Waals surface area contributed by atoms with Gasteiger partial charge in [0.1, 0.15) is 0 Å². The number of rotatable bonds is 4. The van der Waals surface area contributed by atoms with Gasteiger partial charge >= 0.3 is 0 Å². The van der Waals surface area contributed by atoms with E-state index in [1.807, 2.05) is 25.2 Å². The molecule has 0 saturated heterocycles. The summed E-state index contributed by atoms with van der Waals surface area (Å²) in [5, 5.41) is 3.37. The Kier molecular flexibility index (Phi) is 4.63. The Bertz CT molecular complexity index is 519. The van der Waals surface area contributed by atoms with Crippen molar-refractivity contribution in [2.45, 2.75) is 43.0 Å². The zero-order valence-corrected chi connectivity index (χ0v) is 12.5. The lowest BCUT2D eigenvalue weighted by Crippen LogP contribution is -2.27. The van der Waals surface area contributed by atoms with E-state index in [2.05, 4.69) is 5.32 Å². The summed E-state index contributed by atoms with van der Waals surface area (Å²) in [6, 6.07) is 7.64. The van der Waals surface area contributed by atoms with Gasteiger partial charge in [-0.3, -0.25) is 0 Å². The van der Waals surface area contributed by atoms with Crippen LogP contribution in [0.3, 0.4) is 0 Å². The van der Waals surface area contributed by atoms with Gasteiger partial charge in [-0.1, -0.05) is 31.4 Å². The molecule has 1 N–H and O–H groups in total. The highest BCUT2D eigenvalue weighted by atomic mass is 32.2. The van der Waals surface area contributed by atoms with Crippen molar-refractivity contribution in [2.75, 3.05) is 13.3 Å². The van der Waals surface area contributed by atoms with Crippen LogP contribution in [0.4, 0.5) is 0 Å². The van der Waals surface area contributed by atoms with Gasteiger partial charge in [0.05, 0.1) is 4.90 Å². The molecule has 2 rings (SSSR count). The van der Waals surface area contributed by atoms with Crippen molar-refractivity contribution in [1.82, 2.24) is 5.32 Å². The molecular weight excluding hydrogens is 258 g/mol. The molecule has 1 aliphatic carbocycles. The molecule has 0 aromatic heterocycles. The molecular formula is C15H23NO2S. The van der Waals surface area contributed by atoms with Crippen LogP contribution in [0, 0.1) is 5.92 Å². The summed E-state index contributed by atoms with van der Waals surface area (Å²) >= 11 is 0. The second-order valence-corrected chi connectivity index (χ2v) is 7.52. The number of benzene rings is 1. The molecule has 1 aromatic carbocycles. The van der Waals surface area contributed by atoms with E-state index in [0.717, 1.165) is 5.56 Å². The molecule has 1 fully saturated rings. The number of sulfone groups is 1. The van der Waals surface area contributed by atoms with Crippen molar-refractivity contribution in [3.8, 4) is 0 Å². The SMILES string of the molecule is CNC(c1cccc(S(C)(=O)=O)c1)C1CCCCC1. The van der Waals surface area contributed by atoms with Crippen molar-refractivity contribution >= 4 is 9.84 Å². The highest BCUT2D eigenvalue weighted by Crippen LogP contribution is 2.34. The molecule has 0 spiro atoms. The lowest BCUT2D eigenvalue weighted by atomic mass is 9.81. The van der Waals surface area contributed by atoms with Gasteiger partial charge in [-0.25, -0.2) is 8.42 Å². The average Bonchev–Trinajstić information content (AvgIpc) is 2.40. The van der Waals surface area contributed by atoms with Crippen molar-refractivity contribution in [3.05, 3.63) is 29.8 Å². The van der Waals surface area contributed by atoms with Crippen LogP contribution in [0.25, 0.3) is 0 Å². The van der Waals surface area contributed by atoms with Gasteiger partial charge < -0.3 is 5.32 Å². The molecule has 4 heteroatoms. The number of hydrogen-bond acceptors (Lipinski definition) is 3. The fourth-order valence-corrected chi connectivity index (χ4v) is 3.76. The maximum absolute atomic E-state index is 11.7. The first-order chi connectivity index (χ1) is 9.02. The minimum atomic E-state index is -3.13.